The number of piperidine rings is 2. The van der Waals surface area contributed by atoms with E-state index < -0.39 is 36.4 Å². The average molecular weight is 647 g/mol. The topological polar surface area (TPSA) is 208 Å². The van der Waals surface area contributed by atoms with E-state index in [0.717, 1.165) is 49.1 Å². The van der Waals surface area contributed by atoms with Gasteiger partial charge in [0.2, 0.25) is 0 Å². The van der Waals surface area contributed by atoms with E-state index in [1.54, 1.807) is 48.5 Å². The number of benzene rings is 2. The highest BCUT2D eigenvalue weighted by Gasteiger charge is 2.27. The van der Waals surface area contributed by atoms with E-state index >= 15 is 0 Å². The maximum Gasteiger partial charge on any atom is 0.124 e. The van der Waals surface area contributed by atoms with Crippen molar-refractivity contribution >= 4 is 11.9 Å². The van der Waals surface area contributed by atoms with Crippen molar-refractivity contribution in [3.8, 4) is 11.5 Å². The van der Waals surface area contributed by atoms with Crippen molar-refractivity contribution in [1.82, 2.24) is 9.80 Å². The maximum atomic E-state index is 10.4. The van der Waals surface area contributed by atoms with Gasteiger partial charge >= 0.3 is 0 Å². The molecule has 12 nitrogen and oxygen atoms in total. The van der Waals surface area contributed by atoms with Crippen molar-refractivity contribution in [3.05, 3.63) is 59.7 Å². The minimum atomic E-state index is -2.44. The Hall–Kier alpha value is -3.26. The van der Waals surface area contributed by atoms with Gasteiger partial charge in [0.25, 0.3) is 0 Å². The third kappa shape index (κ3) is 12.2. The second-order valence-electron chi connectivity index (χ2n) is 12.5. The van der Waals surface area contributed by atoms with E-state index in [0.29, 0.717) is 0 Å². The Morgan fingerprint density at radius 3 is 1.11 bits per heavy atom. The van der Waals surface area contributed by atoms with Gasteiger partial charge in [-0.05, 0) is 113 Å². The molecule has 6 atom stereocenters. The molecule has 6 N–H and O–H groups in total. The minimum Gasteiger partial charge on any atom is -0.547 e. The quantitative estimate of drug-likeness (QED) is 0.217. The third-order valence-electron chi connectivity index (χ3n) is 8.95. The molecule has 0 spiro atoms. The number of phenolic OH excluding ortho intramolecular Hbond substituents is 2. The SMILES string of the molecule is CC1CCN(C(C)C(O)c2ccc(O)cc2)CC1.CC1CCN(C(C)C(O)c2ccc(O)cc2)CC1.O=C([O-])C(O)C(O)C(=O)[O-]. The summed E-state index contributed by atoms with van der Waals surface area (Å²) in [5.74, 6) is -2.03. The van der Waals surface area contributed by atoms with Crippen molar-refractivity contribution in [1.29, 1.82) is 0 Å². The molecule has 6 unspecified atom stereocenters. The molecule has 258 valence electrons. The molecule has 2 aliphatic rings. The summed E-state index contributed by atoms with van der Waals surface area (Å²) in [6.45, 7) is 13.0. The van der Waals surface area contributed by atoms with Gasteiger partial charge in [0.1, 0.15) is 23.7 Å². The van der Waals surface area contributed by atoms with Gasteiger partial charge in [0, 0.05) is 12.1 Å². The van der Waals surface area contributed by atoms with Crippen molar-refractivity contribution < 1.29 is 50.4 Å². The summed E-state index contributed by atoms with van der Waals surface area (Å²) in [6, 6.07) is 13.9. The first-order valence-electron chi connectivity index (χ1n) is 15.8. The number of aromatic hydroxyl groups is 2. The Morgan fingerprint density at radius 2 is 0.870 bits per heavy atom. The summed E-state index contributed by atoms with van der Waals surface area (Å²) in [5, 5.41) is 75.0. The van der Waals surface area contributed by atoms with E-state index in [2.05, 4.69) is 37.5 Å². The maximum absolute atomic E-state index is 10.4. The number of phenols is 2. The smallest absolute Gasteiger partial charge is 0.124 e. The van der Waals surface area contributed by atoms with E-state index in [1.807, 2.05) is 0 Å². The van der Waals surface area contributed by atoms with Crippen molar-refractivity contribution in [2.24, 2.45) is 11.8 Å². The molecule has 0 aliphatic carbocycles. The number of nitrogens with zero attached hydrogens (tertiary/aromatic N) is 2. The summed E-state index contributed by atoms with van der Waals surface area (Å²) < 4.78 is 0. The molecule has 2 aromatic rings. The van der Waals surface area contributed by atoms with E-state index in [-0.39, 0.29) is 23.6 Å². The Labute approximate surface area is 271 Å². The van der Waals surface area contributed by atoms with Crippen LogP contribution in [-0.4, -0.2) is 103 Å². The van der Waals surface area contributed by atoms with E-state index in [1.165, 1.54) is 25.7 Å². The molecule has 0 aromatic heterocycles. The zero-order valence-electron chi connectivity index (χ0n) is 27.1. The standard InChI is InChI=1S/2C15H23NO2.C4H6O6/c2*1-11-7-9-16(10-8-11)12(2)15(18)13-3-5-14(17)6-4-13;5-1(3(7)8)2(6)4(9)10/h2*3-6,11-12,15,17-18H,7-10H2,1-2H3;1-2,5-6H,(H,7,8)(H,9,10)/p-2. The van der Waals surface area contributed by atoms with Gasteiger partial charge in [-0.1, -0.05) is 38.1 Å². The lowest BCUT2D eigenvalue weighted by Crippen LogP contribution is -2.51. The third-order valence-corrected chi connectivity index (χ3v) is 8.95. The first kappa shape index (κ1) is 38.9. The van der Waals surface area contributed by atoms with Gasteiger partial charge in [-0.3, -0.25) is 9.80 Å². The fourth-order valence-electron chi connectivity index (χ4n) is 5.43. The summed E-state index contributed by atoms with van der Waals surface area (Å²) in [5.41, 5.74) is 1.75. The molecule has 2 heterocycles. The van der Waals surface area contributed by atoms with Crippen LogP contribution in [0.1, 0.15) is 76.7 Å². The van der Waals surface area contributed by atoms with Crippen LogP contribution in [0.25, 0.3) is 0 Å². The number of rotatable bonds is 9. The zero-order valence-corrected chi connectivity index (χ0v) is 27.1. The Kier molecular flexibility index (Phi) is 15.9. The molecule has 2 aliphatic heterocycles. The first-order valence-corrected chi connectivity index (χ1v) is 15.8. The molecule has 46 heavy (non-hydrogen) atoms. The number of aliphatic hydroxyl groups is 4. The Bertz CT molecular complexity index is 1090. The Balaban J connectivity index is 0.000000252. The fourth-order valence-corrected chi connectivity index (χ4v) is 5.43. The molecule has 2 fully saturated rings. The van der Waals surface area contributed by atoms with Crippen LogP contribution in [-0.2, 0) is 9.59 Å². The number of carbonyl (C=O) groups is 2. The average Bonchev–Trinajstić information content (AvgIpc) is 3.04. The normalized spacial score (nSPS) is 20.4. The molecule has 4 rings (SSSR count). The van der Waals surface area contributed by atoms with Crippen molar-refractivity contribution in [2.45, 2.75) is 89.9 Å². The largest absolute Gasteiger partial charge is 0.547 e. The summed E-state index contributed by atoms with van der Waals surface area (Å²) in [4.78, 5) is 24.0. The van der Waals surface area contributed by atoms with Gasteiger partial charge in [0.05, 0.1) is 24.1 Å². The van der Waals surface area contributed by atoms with Crippen molar-refractivity contribution in [2.75, 3.05) is 26.2 Å². The number of hydrogen-bond donors (Lipinski definition) is 6. The lowest BCUT2D eigenvalue weighted by atomic mass is 9.95. The summed E-state index contributed by atoms with van der Waals surface area (Å²) >= 11 is 0. The molecular formula is C34H50N2O10-2. The van der Waals surface area contributed by atoms with Crippen LogP contribution in [0.15, 0.2) is 48.5 Å². The second-order valence-corrected chi connectivity index (χ2v) is 12.5. The van der Waals surface area contributed by atoms with Crippen LogP contribution in [0.2, 0.25) is 0 Å². The molecular weight excluding hydrogens is 596 g/mol. The van der Waals surface area contributed by atoms with Gasteiger partial charge in [-0.25, -0.2) is 0 Å². The van der Waals surface area contributed by atoms with Gasteiger partial charge in [0.15, 0.2) is 0 Å². The van der Waals surface area contributed by atoms with Gasteiger partial charge < -0.3 is 50.4 Å². The molecule has 0 radical (unpaired) electrons. The van der Waals surface area contributed by atoms with Crippen LogP contribution in [0.3, 0.4) is 0 Å². The van der Waals surface area contributed by atoms with Crippen LogP contribution in [0.5, 0.6) is 11.5 Å². The number of likely N-dealkylation sites (tertiary alicyclic amines) is 2. The predicted octanol–water partition coefficient (Wildman–Crippen LogP) is 0.300. The number of aliphatic carboxylic acids is 2. The van der Waals surface area contributed by atoms with Crippen LogP contribution < -0.4 is 10.2 Å². The van der Waals surface area contributed by atoms with Crippen molar-refractivity contribution in [3.63, 3.8) is 0 Å². The molecule has 12 heteroatoms. The lowest BCUT2D eigenvalue weighted by Gasteiger charge is -2.37. The molecule has 0 bridgehead atoms. The highest BCUT2D eigenvalue weighted by molar-refractivity contribution is 5.80. The fraction of sp³-hybridized carbons (Fsp3) is 0.588. The summed E-state index contributed by atoms with van der Waals surface area (Å²) in [7, 11) is 0. The minimum absolute atomic E-state index is 0.127. The van der Waals surface area contributed by atoms with Gasteiger partial charge in [-0.2, -0.15) is 0 Å². The van der Waals surface area contributed by atoms with Crippen LogP contribution >= 0.6 is 0 Å². The zero-order chi connectivity index (χ0) is 34.6. The number of hydrogen-bond acceptors (Lipinski definition) is 12. The predicted molar refractivity (Wildman–Crippen MR) is 167 cm³/mol. The molecule has 2 saturated heterocycles. The highest BCUT2D eigenvalue weighted by atomic mass is 16.4. The molecule has 2 aromatic carbocycles. The number of carboxylic acids is 2. The number of aliphatic hydroxyl groups excluding tert-OH is 4. The lowest BCUT2D eigenvalue weighted by molar-refractivity contribution is -0.333. The van der Waals surface area contributed by atoms with Gasteiger partial charge in [-0.15, -0.1) is 0 Å². The molecule has 0 saturated carbocycles. The number of carboxylic acid groups (broad SMARTS) is 2. The second kappa shape index (κ2) is 18.8. The van der Waals surface area contributed by atoms with E-state index in [9.17, 15) is 40.2 Å². The first-order chi connectivity index (χ1) is 21.6. The monoisotopic (exact) mass is 646 g/mol. The summed E-state index contributed by atoms with van der Waals surface area (Å²) in [6.07, 6.45) is -0.994. The van der Waals surface area contributed by atoms with Crippen LogP contribution in [0, 0.1) is 11.8 Å². The van der Waals surface area contributed by atoms with E-state index in [4.69, 9.17) is 10.2 Å². The Morgan fingerprint density at radius 1 is 0.609 bits per heavy atom. The van der Waals surface area contributed by atoms with Crippen LogP contribution in [0.4, 0.5) is 0 Å². The number of carbonyl (C=O) groups excluding carboxylic acids is 2. The molecule has 0 amide bonds. The highest BCUT2D eigenvalue weighted by Crippen LogP contribution is 2.28.